The highest BCUT2D eigenvalue weighted by molar-refractivity contribution is 7.84. The van der Waals surface area contributed by atoms with Crippen LogP contribution in [0.2, 0.25) is 0 Å². The van der Waals surface area contributed by atoms with Gasteiger partial charge in [-0.05, 0) is 32.8 Å². The van der Waals surface area contributed by atoms with Crippen LogP contribution in [0.15, 0.2) is 24.3 Å². The Morgan fingerprint density at radius 2 is 2.31 bits per heavy atom. The molecule has 0 saturated heterocycles. The van der Waals surface area contributed by atoms with Crippen molar-refractivity contribution in [1.29, 1.82) is 0 Å². The Morgan fingerprint density at radius 1 is 1.69 bits per heavy atom. The normalized spacial score (nSPS) is 24.2. The number of hydrogen-bond donors (Lipinski definition) is 1. The Morgan fingerprint density at radius 3 is 2.75 bits per heavy atom. The Kier molecular flexibility index (Phi) is 4.47. The molecular weight excluding hydrogens is 222 g/mol. The van der Waals surface area contributed by atoms with Gasteiger partial charge in [0.1, 0.15) is 11.0 Å². The molecule has 4 heteroatoms. The molecule has 1 rings (SSSR count). The highest BCUT2D eigenvalue weighted by Gasteiger charge is 2.34. The second-order valence-corrected chi connectivity index (χ2v) is 7.09. The van der Waals surface area contributed by atoms with Gasteiger partial charge < -0.3 is 5.11 Å². The molecule has 0 aromatic carbocycles. The fourth-order valence-corrected chi connectivity index (χ4v) is 3.18. The molecule has 3 nitrogen and oxygen atoms in total. The number of nitrogens with zero attached hydrogens (tertiary/aromatic N) is 1. The van der Waals surface area contributed by atoms with E-state index in [-0.39, 0.29) is 17.4 Å². The van der Waals surface area contributed by atoms with Gasteiger partial charge in [-0.3, -0.25) is 0 Å². The maximum atomic E-state index is 12.3. The summed E-state index contributed by atoms with van der Waals surface area (Å²) in [6.07, 6.45) is 4.44. The molecule has 1 N–H and O–H groups in total. The monoisotopic (exact) mass is 243 g/mol. The maximum absolute atomic E-state index is 12.3. The molecule has 1 heterocycles. The standard InChI is InChI=1S/C12H21NO2S/c1-5-10-6-8-13(11(10)7-9-14)16(15)12(2,3)4/h5-6,11,14H,1,7-9H2,2-4H3/t11-,16?/m1/s1. The van der Waals surface area contributed by atoms with Crippen LogP contribution in [-0.4, -0.2) is 37.6 Å². The first kappa shape index (κ1) is 13.6. The van der Waals surface area contributed by atoms with E-state index in [2.05, 4.69) is 6.58 Å². The second-order valence-electron chi connectivity index (χ2n) is 4.90. The molecule has 2 atom stereocenters. The van der Waals surface area contributed by atoms with Crippen LogP contribution in [-0.2, 0) is 11.0 Å². The summed E-state index contributed by atoms with van der Waals surface area (Å²) in [5.74, 6) is 0. The van der Waals surface area contributed by atoms with Crippen molar-refractivity contribution in [2.45, 2.75) is 38.0 Å². The molecule has 0 radical (unpaired) electrons. The van der Waals surface area contributed by atoms with E-state index in [1.807, 2.05) is 31.2 Å². The van der Waals surface area contributed by atoms with Crippen LogP contribution in [0, 0.1) is 0 Å². The fourth-order valence-electron chi connectivity index (χ4n) is 1.81. The minimum atomic E-state index is -1.04. The van der Waals surface area contributed by atoms with Crippen LogP contribution in [0.4, 0.5) is 0 Å². The van der Waals surface area contributed by atoms with Gasteiger partial charge in [-0.1, -0.05) is 18.7 Å². The molecule has 0 amide bonds. The number of aliphatic hydroxyl groups is 1. The van der Waals surface area contributed by atoms with Crippen molar-refractivity contribution in [3.8, 4) is 0 Å². The van der Waals surface area contributed by atoms with Gasteiger partial charge in [0.15, 0.2) is 0 Å². The number of aliphatic hydroxyl groups excluding tert-OH is 1. The van der Waals surface area contributed by atoms with Crippen LogP contribution in [0.25, 0.3) is 0 Å². The van der Waals surface area contributed by atoms with Gasteiger partial charge >= 0.3 is 0 Å². The van der Waals surface area contributed by atoms with E-state index in [1.54, 1.807) is 6.08 Å². The quantitative estimate of drug-likeness (QED) is 0.815. The lowest BCUT2D eigenvalue weighted by atomic mass is 10.1. The summed E-state index contributed by atoms with van der Waals surface area (Å²) in [6, 6.07) is 0.0440. The third-order valence-corrected chi connectivity index (χ3v) is 4.49. The van der Waals surface area contributed by atoms with Gasteiger partial charge in [0.2, 0.25) is 0 Å². The molecule has 92 valence electrons. The van der Waals surface area contributed by atoms with Crippen LogP contribution in [0.3, 0.4) is 0 Å². The number of rotatable bonds is 4. The van der Waals surface area contributed by atoms with Crippen LogP contribution < -0.4 is 0 Å². The van der Waals surface area contributed by atoms with Gasteiger partial charge in [0.25, 0.3) is 0 Å². The molecule has 0 saturated carbocycles. The van der Waals surface area contributed by atoms with Gasteiger partial charge in [-0.15, -0.1) is 0 Å². The zero-order valence-corrected chi connectivity index (χ0v) is 11.1. The predicted octanol–water partition coefficient (Wildman–Crippen LogP) is 1.63. The lowest BCUT2D eigenvalue weighted by Gasteiger charge is -2.30. The summed E-state index contributed by atoms with van der Waals surface area (Å²) >= 11 is 0. The molecule has 0 aromatic rings. The molecule has 0 bridgehead atoms. The van der Waals surface area contributed by atoms with Gasteiger partial charge in [0, 0.05) is 19.2 Å². The highest BCUT2D eigenvalue weighted by atomic mass is 32.2. The fraction of sp³-hybridized carbons (Fsp3) is 0.667. The van der Waals surface area contributed by atoms with E-state index in [9.17, 15) is 4.21 Å². The third kappa shape index (κ3) is 2.81. The van der Waals surface area contributed by atoms with Crippen molar-refractivity contribution in [2.75, 3.05) is 13.2 Å². The van der Waals surface area contributed by atoms with Crippen molar-refractivity contribution < 1.29 is 9.32 Å². The van der Waals surface area contributed by atoms with Crippen LogP contribution in [0.1, 0.15) is 27.2 Å². The molecule has 16 heavy (non-hydrogen) atoms. The predicted molar refractivity (Wildman–Crippen MR) is 68.4 cm³/mol. The van der Waals surface area contributed by atoms with Gasteiger partial charge in [0.05, 0.1) is 4.75 Å². The molecule has 1 unspecified atom stereocenters. The van der Waals surface area contributed by atoms with E-state index < -0.39 is 11.0 Å². The molecule has 0 aromatic heterocycles. The smallest absolute Gasteiger partial charge is 0.101 e. The average Bonchev–Trinajstić information content (AvgIpc) is 2.59. The number of hydrogen-bond acceptors (Lipinski definition) is 2. The summed E-state index contributed by atoms with van der Waals surface area (Å²) in [5.41, 5.74) is 1.08. The first-order valence-electron chi connectivity index (χ1n) is 5.53. The Balaban J connectivity index is 2.84. The first-order valence-corrected chi connectivity index (χ1v) is 6.64. The minimum Gasteiger partial charge on any atom is -0.396 e. The van der Waals surface area contributed by atoms with Crippen molar-refractivity contribution >= 4 is 11.0 Å². The lowest BCUT2D eigenvalue weighted by Crippen LogP contribution is -2.42. The van der Waals surface area contributed by atoms with E-state index in [0.29, 0.717) is 13.0 Å². The van der Waals surface area contributed by atoms with E-state index in [0.717, 1.165) is 5.57 Å². The SMILES string of the molecule is C=CC1=CCN(S(=O)C(C)(C)C)[C@@H]1CCO. The Bertz CT molecular complexity index is 317. The van der Waals surface area contributed by atoms with E-state index in [4.69, 9.17) is 5.11 Å². The summed E-state index contributed by atoms with van der Waals surface area (Å²) in [4.78, 5) is 0. The zero-order valence-electron chi connectivity index (χ0n) is 10.3. The minimum absolute atomic E-state index is 0.0440. The zero-order chi connectivity index (χ0) is 12.3. The van der Waals surface area contributed by atoms with Gasteiger partial charge in [-0.2, -0.15) is 0 Å². The maximum Gasteiger partial charge on any atom is 0.101 e. The van der Waals surface area contributed by atoms with Crippen LogP contribution >= 0.6 is 0 Å². The molecular formula is C12H21NO2S. The summed E-state index contributed by atoms with van der Waals surface area (Å²) in [6.45, 7) is 10.4. The molecule has 1 aliphatic heterocycles. The molecule has 1 aliphatic rings. The van der Waals surface area contributed by atoms with E-state index >= 15 is 0 Å². The largest absolute Gasteiger partial charge is 0.396 e. The van der Waals surface area contributed by atoms with Gasteiger partial charge in [-0.25, -0.2) is 8.51 Å². The third-order valence-electron chi connectivity index (χ3n) is 2.61. The van der Waals surface area contributed by atoms with Crippen LogP contribution in [0.5, 0.6) is 0 Å². The van der Waals surface area contributed by atoms with Crippen molar-refractivity contribution in [2.24, 2.45) is 0 Å². The molecule has 0 fully saturated rings. The lowest BCUT2D eigenvalue weighted by molar-refractivity contribution is 0.256. The topological polar surface area (TPSA) is 40.5 Å². The Hall–Kier alpha value is -0.450. The average molecular weight is 243 g/mol. The van der Waals surface area contributed by atoms with Crippen molar-refractivity contribution in [3.63, 3.8) is 0 Å². The highest BCUT2D eigenvalue weighted by Crippen LogP contribution is 2.28. The molecule has 0 spiro atoms. The Labute approximate surface area is 100 Å². The van der Waals surface area contributed by atoms with E-state index in [1.165, 1.54) is 0 Å². The van der Waals surface area contributed by atoms with Crippen molar-refractivity contribution in [3.05, 3.63) is 24.3 Å². The first-order chi connectivity index (χ1) is 7.41. The summed E-state index contributed by atoms with van der Waals surface area (Å²) in [5, 5.41) is 9.06. The summed E-state index contributed by atoms with van der Waals surface area (Å²) in [7, 11) is -1.04. The molecule has 0 aliphatic carbocycles. The van der Waals surface area contributed by atoms with Crippen molar-refractivity contribution in [1.82, 2.24) is 4.31 Å². The summed E-state index contributed by atoms with van der Waals surface area (Å²) < 4.78 is 14.0. The second kappa shape index (κ2) is 5.25.